The summed E-state index contributed by atoms with van der Waals surface area (Å²) < 4.78 is 0. The molecule has 0 fully saturated rings. The van der Waals surface area contributed by atoms with E-state index in [1.807, 2.05) is 37.3 Å². The van der Waals surface area contributed by atoms with Gasteiger partial charge in [-0.25, -0.2) is 0 Å². The molecule has 1 N–H and O–H groups in total. The highest BCUT2D eigenvalue weighted by Crippen LogP contribution is 2.27. The molecule has 3 heteroatoms. The molecular formula is C17H24N2O. The molecule has 0 aliphatic rings. The quantitative estimate of drug-likeness (QED) is 0.824. The predicted molar refractivity (Wildman–Crippen MR) is 81.1 cm³/mol. The molecule has 0 aliphatic heterocycles. The molecule has 3 nitrogen and oxygen atoms in total. The van der Waals surface area contributed by atoms with Gasteiger partial charge in [0.1, 0.15) is 6.04 Å². The Labute approximate surface area is 122 Å². The smallest absolute Gasteiger partial charge is 0.228 e. The molecule has 0 spiro atoms. The van der Waals surface area contributed by atoms with Crippen molar-refractivity contribution in [3.63, 3.8) is 0 Å². The minimum atomic E-state index is -0.386. The summed E-state index contributed by atoms with van der Waals surface area (Å²) in [6, 6.07) is 11.6. The van der Waals surface area contributed by atoms with Crippen molar-refractivity contribution in [3.8, 4) is 6.07 Å². The van der Waals surface area contributed by atoms with Crippen LogP contribution in [-0.2, 0) is 4.79 Å². The van der Waals surface area contributed by atoms with Crippen LogP contribution in [0.3, 0.4) is 0 Å². The van der Waals surface area contributed by atoms with Gasteiger partial charge in [0.2, 0.25) is 5.91 Å². The number of carbonyl (C=O) groups excluding carboxylic acids is 1. The Morgan fingerprint density at radius 1 is 1.30 bits per heavy atom. The third-order valence-corrected chi connectivity index (χ3v) is 3.70. The Balaban J connectivity index is 2.89. The summed E-state index contributed by atoms with van der Waals surface area (Å²) in [7, 11) is 0. The lowest BCUT2D eigenvalue weighted by Gasteiger charge is -2.24. The van der Waals surface area contributed by atoms with Gasteiger partial charge in [-0.2, -0.15) is 5.26 Å². The van der Waals surface area contributed by atoms with Crippen molar-refractivity contribution >= 4 is 5.91 Å². The van der Waals surface area contributed by atoms with Gasteiger partial charge in [-0.05, 0) is 17.9 Å². The Hall–Kier alpha value is -1.82. The van der Waals surface area contributed by atoms with Crippen LogP contribution in [0.15, 0.2) is 30.3 Å². The standard InChI is InChI=1S/C17H24N2O/c1-4-9-15(12-18)19-17(20)16(13(3)5-2)14-10-7-6-8-11-14/h6-8,10-11,13,15-16H,4-5,9H2,1-3H3,(H,19,20). The van der Waals surface area contributed by atoms with Crippen molar-refractivity contribution in [2.24, 2.45) is 5.92 Å². The number of benzene rings is 1. The van der Waals surface area contributed by atoms with E-state index in [0.29, 0.717) is 6.42 Å². The highest BCUT2D eigenvalue weighted by atomic mass is 16.1. The second-order valence-electron chi connectivity index (χ2n) is 5.25. The van der Waals surface area contributed by atoms with Gasteiger partial charge >= 0.3 is 0 Å². The van der Waals surface area contributed by atoms with E-state index in [9.17, 15) is 4.79 Å². The maximum atomic E-state index is 12.5. The molecule has 0 bridgehead atoms. The monoisotopic (exact) mass is 272 g/mol. The normalized spacial score (nSPS) is 14.9. The fourth-order valence-electron chi connectivity index (χ4n) is 2.35. The molecule has 1 aromatic rings. The van der Waals surface area contributed by atoms with Gasteiger partial charge in [-0.1, -0.05) is 63.9 Å². The summed E-state index contributed by atoms with van der Waals surface area (Å²) in [6.07, 6.45) is 2.51. The van der Waals surface area contributed by atoms with Gasteiger partial charge < -0.3 is 5.32 Å². The number of amides is 1. The summed E-state index contributed by atoms with van der Waals surface area (Å²) in [6.45, 7) is 6.18. The molecule has 1 rings (SSSR count). The number of nitrogens with one attached hydrogen (secondary N) is 1. The molecule has 1 amide bonds. The fraction of sp³-hybridized carbons (Fsp3) is 0.529. The number of nitriles is 1. The number of nitrogens with zero attached hydrogens (tertiary/aromatic N) is 1. The fourth-order valence-corrected chi connectivity index (χ4v) is 2.35. The third-order valence-electron chi connectivity index (χ3n) is 3.70. The SMILES string of the molecule is CCCC(C#N)NC(=O)C(c1ccccc1)C(C)CC. The molecule has 0 aliphatic carbocycles. The first-order valence-electron chi connectivity index (χ1n) is 7.38. The van der Waals surface area contributed by atoms with Gasteiger partial charge in [0.05, 0.1) is 12.0 Å². The number of hydrogen-bond acceptors (Lipinski definition) is 2. The zero-order valence-electron chi connectivity index (χ0n) is 12.6. The molecule has 0 heterocycles. The van der Waals surface area contributed by atoms with Crippen molar-refractivity contribution in [1.29, 1.82) is 5.26 Å². The van der Waals surface area contributed by atoms with Crippen LogP contribution in [0.2, 0.25) is 0 Å². The van der Waals surface area contributed by atoms with Crippen molar-refractivity contribution < 1.29 is 4.79 Å². The molecule has 0 saturated carbocycles. The molecule has 20 heavy (non-hydrogen) atoms. The lowest BCUT2D eigenvalue weighted by atomic mass is 9.84. The summed E-state index contributed by atoms with van der Waals surface area (Å²) in [5.41, 5.74) is 1.02. The maximum Gasteiger partial charge on any atom is 0.228 e. The zero-order valence-corrected chi connectivity index (χ0v) is 12.6. The van der Waals surface area contributed by atoms with E-state index in [1.165, 1.54) is 0 Å². The summed E-state index contributed by atoms with van der Waals surface area (Å²) >= 11 is 0. The Morgan fingerprint density at radius 2 is 1.95 bits per heavy atom. The van der Waals surface area contributed by atoms with E-state index in [4.69, 9.17) is 5.26 Å². The molecule has 1 aromatic carbocycles. The Kier molecular flexibility index (Phi) is 6.79. The second-order valence-corrected chi connectivity index (χ2v) is 5.25. The molecule has 3 atom stereocenters. The minimum absolute atomic E-state index is 0.0365. The number of rotatable bonds is 7. The predicted octanol–water partition coefficient (Wildman–Crippen LogP) is 3.62. The van der Waals surface area contributed by atoms with Crippen LogP contribution in [0.5, 0.6) is 0 Å². The highest BCUT2D eigenvalue weighted by molar-refractivity contribution is 5.84. The maximum absolute atomic E-state index is 12.5. The molecule has 108 valence electrons. The average molecular weight is 272 g/mol. The zero-order chi connectivity index (χ0) is 15.0. The average Bonchev–Trinajstić information content (AvgIpc) is 2.47. The van der Waals surface area contributed by atoms with E-state index < -0.39 is 0 Å². The van der Waals surface area contributed by atoms with Crippen molar-refractivity contribution in [2.75, 3.05) is 0 Å². The van der Waals surface area contributed by atoms with Crippen LogP contribution in [-0.4, -0.2) is 11.9 Å². The lowest BCUT2D eigenvalue weighted by molar-refractivity contribution is -0.124. The van der Waals surface area contributed by atoms with Crippen LogP contribution in [0.1, 0.15) is 51.5 Å². The van der Waals surface area contributed by atoms with E-state index >= 15 is 0 Å². The second kappa shape index (κ2) is 8.37. The van der Waals surface area contributed by atoms with Crippen molar-refractivity contribution in [3.05, 3.63) is 35.9 Å². The first-order chi connectivity index (χ1) is 9.63. The van der Waals surface area contributed by atoms with Crippen LogP contribution >= 0.6 is 0 Å². The molecular weight excluding hydrogens is 248 g/mol. The van der Waals surface area contributed by atoms with E-state index in [2.05, 4.69) is 25.2 Å². The van der Waals surface area contributed by atoms with Gasteiger partial charge in [0.15, 0.2) is 0 Å². The molecule has 0 radical (unpaired) electrons. The molecule has 0 aromatic heterocycles. The van der Waals surface area contributed by atoms with E-state index in [-0.39, 0.29) is 23.8 Å². The van der Waals surface area contributed by atoms with Gasteiger partial charge in [-0.3, -0.25) is 4.79 Å². The van der Waals surface area contributed by atoms with Crippen LogP contribution in [0.25, 0.3) is 0 Å². The van der Waals surface area contributed by atoms with Crippen molar-refractivity contribution in [1.82, 2.24) is 5.32 Å². The number of hydrogen-bond donors (Lipinski definition) is 1. The Bertz CT molecular complexity index is 450. The van der Waals surface area contributed by atoms with Crippen LogP contribution in [0.4, 0.5) is 0 Å². The van der Waals surface area contributed by atoms with E-state index in [1.54, 1.807) is 0 Å². The molecule has 0 saturated heterocycles. The third kappa shape index (κ3) is 4.38. The minimum Gasteiger partial charge on any atom is -0.340 e. The van der Waals surface area contributed by atoms with Crippen molar-refractivity contribution in [2.45, 2.75) is 52.0 Å². The molecule has 3 unspecified atom stereocenters. The van der Waals surface area contributed by atoms with Gasteiger partial charge in [-0.15, -0.1) is 0 Å². The van der Waals surface area contributed by atoms with Crippen LogP contribution in [0, 0.1) is 17.2 Å². The summed E-state index contributed by atoms with van der Waals surface area (Å²) in [5.74, 6) is 0.0258. The first-order valence-corrected chi connectivity index (χ1v) is 7.38. The summed E-state index contributed by atoms with van der Waals surface area (Å²) in [5, 5.41) is 12.0. The Morgan fingerprint density at radius 3 is 2.45 bits per heavy atom. The number of carbonyl (C=O) groups is 1. The first kappa shape index (κ1) is 16.2. The topological polar surface area (TPSA) is 52.9 Å². The highest BCUT2D eigenvalue weighted by Gasteiger charge is 2.27. The lowest BCUT2D eigenvalue weighted by Crippen LogP contribution is -2.39. The van der Waals surface area contributed by atoms with Gasteiger partial charge in [0, 0.05) is 0 Å². The van der Waals surface area contributed by atoms with E-state index in [0.717, 1.165) is 18.4 Å². The largest absolute Gasteiger partial charge is 0.340 e. The van der Waals surface area contributed by atoms with Gasteiger partial charge in [0.25, 0.3) is 0 Å². The summed E-state index contributed by atoms with van der Waals surface area (Å²) in [4.78, 5) is 12.5. The van der Waals surface area contributed by atoms with Crippen LogP contribution < -0.4 is 5.32 Å².